The highest BCUT2D eigenvalue weighted by Crippen LogP contribution is 2.32. The van der Waals surface area contributed by atoms with Gasteiger partial charge < -0.3 is 19.9 Å². The first kappa shape index (κ1) is 32.3. The van der Waals surface area contributed by atoms with Crippen molar-refractivity contribution in [2.45, 2.75) is 63.9 Å². The average molecular weight is 605 g/mol. The van der Waals surface area contributed by atoms with Crippen LogP contribution in [-0.2, 0) is 32.8 Å². The van der Waals surface area contributed by atoms with Crippen LogP contribution in [0.25, 0.3) is 0 Å². The first-order valence-electron chi connectivity index (χ1n) is 12.9. The lowest BCUT2D eigenvalue weighted by Crippen LogP contribution is -2.63. The van der Waals surface area contributed by atoms with Crippen molar-refractivity contribution in [2.24, 2.45) is 0 Å². The van der Waals surface area contributed by atoms with Gasteiger partial charge in [0.15, 0.2) is 5.11 Å². The van der Waals surface area contributed by atoms with Gasteiger partial charge in [-0.15, -0.1) is 0 Å². The van der Waals surface area contributed by atoms with Crippen molar-refractivity contribution in [3.63, 3.8) is 0 Å². The lowest BCUT2D eigenvalue weighted by molar-refractivity contribution is -0.142. The average Bonchev–Trinajstić information content (AvgIpc) is 3.42. The first-order valence-corrected chi connectivity index (χ1v) is 13.4. The molecule has 1 amide bonds. The van der Waals surface area contributed by atoms with Gasteiger partial charge in [0.05, 0.1) is 19.7 Å². The van der Waals surface area contributed by atoms with Crippen molar-refractivity contribution in [1.82, 2.24) is 30.5 Å². The number of carbonyl (C=O) groups excluding carboxylic acids is 2. The highest BCUT2D eigenvalue weighted by atomic mass is 32.1. The van der Waals surface area contributed by atoms with Crippen LogP contribution >= 0.6 is 12.2 Å². The third-order valence-electron chi connectivity index (χ3n) is 6.24. The quantitative estimate of drug-likeness (QED) is 0.190. The highest BCUT2D eigenvalue weighted by Gasteiger charge is 2.44. The van der Waals surface area contributed by atoms with Crippen molar-refractivity contribution in [2.75, 3.05) is 7.11 Å². The minimum absolute atomic E-state index is 0.165. The lowest BCUT2D eigenvalue weighted by Gasteiger charge is -2.42. The summed E-state index contributed by atoms with van der Waals surface area (Å²) in [7, 11) is 1.22. The lowest BCUT2D eigenvalue weighted by atomic mass is 9.86. The number of nitrogens with one attached hydrogen (secondary N) is 2. The van der Waals surface area contributed by atoms with Gasteiger partial charge in [-0.3, -0.25) is 5.01 Å². The number of halogens is 2. The van der Waals surface area contributed by atoms with Crippen molar-refractivity contribution >= 4 is 29.4 Å². The maximum absolute atomic E-state index is 15.2. The van der Waals surface area contributed by atoms with E-state index in [-0.39, 0.29) is 23.6 Å². The molecule has 226 valence electrons. The number of methoxy groups -OCH3 is 1. The van der Waals surface area contributed by atoms with Gasteiger partial charge >= 0.3 is 12.1 Å². The summed E-state index contributed by atoms with van der Waals surface area (Å²) in [5.41, 5.74) is -0.124. The minimum atomic E-state index is -2.20. The van der Waals surface area contributed by atoms with E-state index in [9.17, 15) is 19.1 Å². The summed E-state index contributed by atoms with van der Waals surface area (Å²) >= 11 is 5.63. The SMILES string of the molecule is COC(=O)C(Cc1ccccc1)NC(=S)N(NC(=O)OC(C)(C)C)[C@H](C)[C@](O)(Cn1cncn1)c1ccc(F)cc1F. The van der Waals surface area contributed by atoms with Crippen molar-refractivity contribution in [3.05, 3.63) is 83.9 Å². The topological polar surface area (TPSA) is 131 Å². The Morgan fingerprint density at radius 3 is 2.43 bits per heavy atom. The van der Waals surface area contributed by atoms with Crippen LogP contribution in [-0.4, -0.2) is 66.8 Å². The number of hydrazine groups is 1. The van der Waals surface area contributed by atoms with E-state index in [1.165, 1.54) is 31.4 Å². The van der Waals surface area contributed by atoms with Crippen LogP contribution < -0.4 is 10.7 Å². The van der Waals surface area contributed by atoms with E-state index in [0.717, 1.165) is 22.7 Å². The monoisotopic (exact) mass is 604 g/mol. The molecule has 0 aliphatic carbocycles. The molecular formula is C28H34F2N6O5S. The molecule has 1 aromatic heterocycles. The predicted molar refractivity (Wildman–Crippen MR) is 153 cm³/mol. The summed E-state index contributed by atoms with van der Waals surface area (Å²) in [5, 5.41) is 19.8. The van der Waals surface area contributed by atoms with E-state index >= 15 is 4.39 Å². The Morgan fingerprint density at radius 1 is 1.17 bits per heavy atom. The second-order valence-electron chi connectivity index (χ2n) is 10.5. The molecule has 0 saturated carbocycles. The van der Waals surface area contributed by atoms with Crippen molar-refractivity contribution < 1.29 is 33.0 Å². The molecule has 0 spiro atoms. The van der Waals surface area contributed by atoms with E-state index in [0.29, 0.717) is 6.07 Å². The van der Waals surface area contributed by atoms with E-state index in [1.807, 2.05) is 30.3 Å². The zero-order valence-corrected chi connectivity index (χ0v) is 24.7. The van der Waals surface area contributed by atoms with Gasteiger partial charge in [0, 0.05) is 18.1 Å². The molecule has 1 heterocycles. The zero-order chi connectivity index (χ0) is 31.1. The highest BCUT2D eigenvalue weighted by molar-refractivity contribution is 7.80. The molecule has 0 bridgehead atoms. The van der Waals surface area contributed by atoms with Gasteiger partial charge in [-0.05, 0) is 51.5 Å². The van der Waals surface area contributed by atoms with Crippen LogP contribution in [0.5, 0.6) is 0 Å². The molecule has 1 unspecified atom stereocenters. The van der Waals surface area contributed by atoms with Crippen molar-refractivity contribution in [3.8, 4) is 0 Å². The number of rotatable bonds is 9. The molecule has 42 heavy (non-hydrogen) atoms. The molecule has 2 aromatic carbocycles. The Bertz CT molecular complexity index is 1370. The summed E-state index contributed by atoms with van der Waals surface area (Å²) in [4.78, 5) is 29.5. The van der Waals surface area contributed by atoms with E-state index < -0.39 is 47.0 Å². The summed E-state index contributed by atoms with van der Waals surface area (Å²) in [6, 6.07) is 9.50. The number of aromatic nitrogens is 3. The molecule has 3 atom stereocenters. The standard InChI is InChI=1S/C28H34F2N6O5S/c1-18(28(39,15-35-17-31-16-32-35)21-12-11-20(29)14-22(21)30)36(34-26(38)41-27(2,3)4)25(42)33-23(24(37)40-5)13-19-9-7-6-8-10-19/h6-12,14,16-18,23,39H,13,15H2,1-5H3,(H,33,42)(H,34,38)/t18-,23?,28-/m1/s1. The smallest absolute Gasteiger partial charge is 0.426 e. The number of ether oxygens (including phenoxy) is 2. The molecular weight excluding hydrogens is 570 g/mol. The number of hydrogen-bond donors (Lipinski definition) is 3. The third-order valence-corrected chi connectivity index (χ3v) is 6.56. The van der Waals surface area contributed by atoms with E-state index in [2.05, 4.69) is 20.8 Å². The Labute approximate surface area is 247 Å². The predicted octanol–water partition coefficient (Wildman–Crippen LogP) is 3.23. The molecule has 0 aliphatic heterocycles. The number of hydrogen-bond acceptors (Lipinski definition) is 8. The molecule has 0 saturated heterocycles. The van der Waals surface area contributed by atoms with E-state index in [4.69, 9.17) is 21.7 Å². The van der Waals surface area contributed by atoms with Gasteiger partial charge in [0.2, 0.25) is 0 Å². The maximum Gasteiger partial charge on any atom is 0.426 e. The molecule has 0 aliphatic rings. The zero-order valence-electron chi connectivity index (χ0n) is 23.9. The fourth-order valence-electron chi connectivity index (χ4n) is 4.18. The minimum Gasteiger partial charge on any atom is -0.467 e. The summed E-state index contributed by atoms with van der Waals surface area (Å²) in [5.74, 6) is -2.54. The summed E-state index contributed by atoms with van der Waals surface area (Å²) in [6.07, 6.45) is 1.74. The van der Waals surface area contributed by atoms with Crippen LogP contribution in [0.15, 0.2) is 61.2 Å². The van der Waals surface area contributed by atoms with Crippen LogP contribution in [0, 0.1) is 11.6 Å². The Morgan fingerprint density at radius 2 is 1.86 bits per heavy atom. The van der Waals surface area contributed by atoms with Gasteiger partial charge in [0.25, 0.3) is 0 Å². The first-order chi connectivity index (χ1) is 19.7. The second kappa shape index (κ2) is 13.7. The van der Waals surface area contributed by atoms with Crippen LogP contribution in [0.1, 0.15) is 38.8 Å². The molecule has 0 radical (unpaired) electrons. The molecule has 3 rings (SSSR count). The number of aliphatic hydroxyl groups is 1. The fourth-order valence-corrected chi connectivity index (χ4v) is 4.53. The Kier molecular flexibility index (Phi) is 10.5. The molecule has 3 aromatic rings. The van der Waals surface area contributed by atoms with Crippen molar-refractivity contribution in [1.29, 1.82) is 0 Å². The molecule has 14 heteroatoms. The Balaban J connectivity index is 2.05. The summed E-state index contributed by atoms with van der Waals surface area (Å²) in [6.45, 7) is 6.03. The second-order valence-corrected chi connectivity index (χ2v) is 10.9. The largest absolute Gasteiger partial charge is 0.467 e. The number of amides is 1. The Hall–Kier alpha value is -4.17. The molecule has 0 fully saturated rings. The fraction of sp³-hybridized carbons (Fsp3) is 0.393. The maximum atomic E-state index is 15.2. The number of benzene rings is 2. The summed E-state index contributed by atoms with van der Waals surface area (Å²) < 4.78 is 40.7. The van der Waals surface area contributed by atoms with Gasteiger partial charge in [-0.25, -0.2) is 33.5 Å². The van der Waals surface area contributed by atoms with Gasteiger partial charge in [0.1, 0.15) is 41.5 Å². The third kappa shape index (κ3) is 8.42. The molecule has 11 nitrogen and oxygen atoms in total. The number of nitrogens with zero attached hydrogens (tertiary/aromatic N) is 4. The van der Waals surface area contributed by atoms with Gasteiger partial charge in [-0.1, -0.05) is 36.4 Å². The number of esters is 1. The number of carbonyl (C=O) groups is 2. The number of thiocarbonyl (C=S) groups is 1. The van der Waals surface area contributed by atoms with Crippen LogP contribution in [0.4, 0.5) is 13.6 Å². The van der Waals surface area contributed by atoms with Crippen LogP contribution in [0.2, 0.25) is 0 Å². The van der Waals surface area contributed by atoms with Gasteiger partial charge in [-0.2, -0.15) is 5.10 Å². The molecule has 3 N–H and O–H groups in total. The van der Waals surface area contributed by atoms with Crippen LogP contribution in [0.3, 0.4) is 0 Å². The van der Waals surface area contributed by atoms with E-state index in [1.54, 1.807) is 20.8 Å². The normalized spacial score (nSPS) is 14.2.